The van der Waals surface area contributed by atoms with Gasteiger partial charge >= 0.3 is 0 Å². The lowest BCUT2D eigenvalue weighted by atomic mass is 9.81. The number of aromatic nitrogens is 2. The number of para-hydroxylation sites is 1. The van der Waals surface area contributed by atoms with Crippen LogP contribution in [-0.2, 0) is 20.8 Å². The molecule has 164 valence electrons. The van der Waals surface area contributed by atoms with Crippen molar-refractivity contribution in [3.63, 3.8) is 0 Å². The molecule has 3 amide bonds. The van der Waals surface area contributed by atoms with Gasteiger partial charge in [-0.2, -0.15) is 5.10 Å². The summed E-state index contributed by atoms with van der Waals surface area (Å²) in [5, 5.41) is 7.48. The average Bonchev–Trinajstić information content (AvgIpc) is 3.28. The third-order valence-corrected chi connectivity index (χ3v) is 6.46. The van der Waals surface area contributed by atoms with Crippen LogP contribution in [0.1, 0.15) is 49.8 Å². The maximum absolute atomic E-state index is 12.5. The molecular formula is C24H30N4O3. The Morgan fingerprint density at radius 3 is 2.45 bits per heavy atom. The predicted molar refractivity (Wildman–Crippen MR) is 116 cm³/mol. The molecule has 1 N–H and O–H groups in total. The van der Waals surface area contributed by atoms with Gasteiger partial charge in [0.25, 0.3) is 0 Å². The predicted octanol–water partition coefficient (Wildman–Crippen LogP) is 2.79. The molecule has 2 aliphatic rings. The Labute approximate surface area is 182 Å². The first kappa shape index (κ1) is 21.3. The van der Waals surface area contributed by atoms with E-state index in [1.54, 1.807) is 0 Å². The summed E-state index contributed by atoms with van der Waals surface area (Å²) in [6.45, 7) is 2.75. The lowest BCUT2D eigenvalue weighted by Crippen LogP contribution is -2.35. The van der Waals surface area contributed by atoms with Gasteiger partial charge in [0.1, 0.15) is 0 Å². The number of likely N-dealkylation sites (tertiary alicyclic amines) is 1. The summed E-state index contributed by atoms with van der Waals surface area (Å²) >= 11 is 0. The molecule has 2 unspecified atom stereocenters. The van der Waals surface area contributed by atoms with E-state index < -0.39 is 0 Å². The Balaban J connectivity index is 1.20. The van der Waals surface area contributed by atoms with Crippen molar-refractivity contribution in [3.8, 4) is 5.69 Å². The highest BCUT2D eigenvalue weighted by Gasteiger charge is 2.47. The largest absolute Gasteiger partial charge is 0.356 e. The summed E-state index contributed by atoms with van der Waals surface area (Å²) in [5.74, 6) is -0.567. The standard InChI is InChI=1S/C24H30N4O3/c1-17-18(16-28(26-17)19-9-3-2-4-10-19)8-7-14-25-22(29)13-15-27-23(30)20-11-5-6-12-21(20)24(27)31/h2-4,9-10,16,20-21H,5-8,11-15H2,1H3,(H,25,29). The number of hydrogen-bond donors (Lipinski definition) is 1. The number of hydrogen-bond acceptors (Lipinski definition) is 4. The van der Waals surface area contributed by atoms with E-state index in [-0.39, 0.29) is 42.5 Å². The van der Waals surface area contributed by atoms with Gasteiger partial charge in [-0.05, 0) is 50.3 Å². The van der Waals surface area contributed by atoms with Gasteiger partial charge in [0.15, 0.2) is 0 Å². The number of carbonyl (C=O) groups is 3. The first-order chi connectivity index (χ1) is 15.0. The Morgan fingerprint density at radius 1 is 1.10 bits per heavy atom. The fourth-order valence-electron chi connectivity index (χ4n) is 4.71. The van der Waals surface area contributed by atoms with Crippen LogP contribution in [0.2, 0.25) is 0 Å². The van der Waals surface area contributed by atoms with Crippen molar-refractivity contribution < 1.29 is 14.4 Å². The summed E-state index contributed by atoms with van der Waals surface area (Å²) < 4.78 is 1.88. The van der Waals surface area contributed by atoms with Gasteiger partial charge in [0, 0.05) is 25.7 Å². The van der Waals surface area contributed by atoms with Gasteiger partial charge in [0.05, 0.1) is 23.2 Å². The zero-order valence-electron chi connectivity index (χ0n) is 18.0. The molecule has 1 aliphatic carbocycles. The number of benzene rings is 1. The molecule has 7 heteroatoms. The molecule has 31 heavy (non-hydrogen) atoms. The third-order valence-electron chi connectivity index (χ3n) is 6.46. The van der Waals surface area contributed by atoms with Crippen LogP contribution in [0.4, 0.5) is 0 Å². The molecule has 0 bridgehead atoms. The number of imide groups is 1. The Bertz CT molecular complexity index is 929. The van der Waals surface area contributed by atoms with Crippen molar-refractivity contribution in [1.82, 2.24) is 20.0 Å². The molecule has 2 aromatic rings. The van der Waals surface area contributed by atoms with Crippen LogP contribution in [0, 0.1) is 18.8 Å². The summed E-state index contributed by atoms with van der Waals surface area (Å²) in [6.07, 6.45) is 7.47. The minimum absolute atomic E-state index is 0.0756. The molecule has 4 rings (SSSR count). The topological polar surface area (TPSA) is 84.3 Å². The van der Waals surface area contributed by atoms with Crippen molar-refractivity contribution in [3.05, 3.63) is 47.8 Å². The van der Waals surface area contributed by atoms with E-state index in [0.717, 1.165) is 55.5 Å². The second kappa shape index (κ2) is 9.45. The first-order valence-corrected chi connectivity index (χ1v) is 11.3. The average molecular weight is 423 g/mol. The molecule has 2 atom stereocenters. The fraction of sp³-hybridized carbons (Fsp3) is 0.500. The molecule has 1 saturated carbocycles. The first-order valence-electron chi connectivity index (χ1n) is 11.3. The zero-order chi connectivity index (χ0) is 21.8. The number of nitrogens with one attached hydrogen (secondary N) is 1. The highest BCUT2D eigenvalue weighted by Crippen LogP contribution is 2.37. The smallest absolute Gasteiger partial charge is 0.233 e. The molecule has 0 spiro atoms. The molecule has 1 aromatic carbocycles. The molecule has 1 saturated heterocycles. The number of aryl methyl sites for hydroxylation is 2. The van der Waals surface area contributed by atoms with E-state index in [1.165, 1.54) is 4.90 Å². The third kappa shape index (κ3) is 4.70. The highest BCUT2D eigenvalue weighted by molar-refractivity contribution is 6.05. The Kier molecular flexibility index (Phi) is 6.49. The van der Waals surface area contributed by atoms with Crippen molar-refractivity contribution >= 4 is 17.7 Å². The lowest BCUT2D eigenvalue weighted by molar-refractivity contribution is -0.140. The van der Waals surface area contributed by atoms with Crippen LogP contribution < -0.4 is 5.32 Å². The minimum atomic E-state index is -0.149. The van der Waals surface area contributed by atoms with E-state index in [2.05, 4.69) is 10.4 Å². The molecule has 7 nitrogen and oxygen atoms in total. The lowest BCUT2D eigenvalue weighted by Gasteiger charge is -2.19. The van der Waals surface area contributed by atoms with Gasteiger partial charge in [-0.15, -0.1) is 0 Å². The van der Waals surface area contributed by atoms with Crippen LogP contribution >= 0.6 is 0 Å². The van der Waals surface area contributed by atoms with Crippen molar-refractivity contribution in [2.24, 2.45) is 11.8 Å². The Hall–Kier alpha value is -2.96. The quantitative estimate of drug-likeness (QED) is 0.524. The monoisotopic (exact) mass is 422 g/mol. The number of rotatable bonds is 8. The van der Waals surface area contributed by atoms with Gasteiger partial charge < -0.3 is 5.32 Å². The molecule has 2 fully saturated rings. The summed E-state index contributed by atoms with van der Waals surface area (Å²) in [6, 6.07) is 9.98. The zero-order valence-corrected chi connectivity index (χ0v) is 18.0. The van der Waals surface area contributed by atoms with E-state index in [4.69, 9.17) is 0 Å². The molecule has 2 heterocycles. The maximum atomic E-state index is 12.5. The Morgan fingerprint density at radius 2 is 1.77 bits per heavy atom. The van der Waals surface area contributed by atoms with Crippen molar-refractivity contribution in [2.75, 3.05) is 13.1 Å². The van der Waals surface area contributed by atoms with E-state index in [0.29, 0.717) is 6.54 Å². The number of nitrogens with zero attached hydrogens (tertiary/aromatic N) is 3. The molecular weight excluding hydrogens is 392 g/mol. The van der Waals surface area contributed by atoms with E-state index >= 15 is 0 Å². The number of amides is 3. The van der Waals surface area contributed by atoms with Crippen LogP contribution in [0.3, 0.4) is 0 Å². The summed E-state index contributed by atoms with van der Waals surface area (Å²) in [4.78, 5) is 38.5. The second-order valence-electron chi connectivity index (χ2n) is 8.55. The minimum Gasteiger partial charge on any atom is -0.356 e. The van der Waals surface area contributed by atoms with Crippen LogP contribution in [0.5, 0.6) is 0 Å². The van der Waals surface area contributed by atoms with Crippen LogP contribution in [0.15, 0.2) is 36.5 Å². The van der Waals surface area contributed by atoms with Crippen molar-refractivity contribution in [1.29, 1.82) is 0 Å². The van der Waals surface area contributed by atoms with Crippen LogP contribution in [0.25, 0.3) is 5.69 Å². The molecule has 1 aromatic heterocycles. The van der Waals surface area contributed by atoms with Gasteiger partial charge in [0.2, 0.25) is 17.7 Å². The number of fused-ring (bicyclic) bond motifs is 1. The SMILES string of the molecule is Cc1nn(-c2ccccc2)cc1CCCNC(=O)CCN1C(=O)C2CCCCC2C1=O. The second-order valence-corrected chi connectivity index (χ2v) is 8.55. The van der Waals surface area contributed by atoms with Crippen LogP contribution in [-0.4, -0.2) is 45.5 Å². The fourth-order valence-corrected chi connectivity index (χ4v) is 4.71. The van der Waals surface area contributed by atoms with E-state index in [1.807, 2.05) is 48.1 Å². The van der Waals surface area contributed by atoms with Gasteiger partial charge in [-0.25, -0.2) is 4.68 Å². The van der Waals surface area contributed by atoms with Gasteiger partial charge in [-0.1, -0.05) is 31.0 Å². The molecule has 0 radical (unpaired) electrons. The molecule has 1 aliphatic heterocycles. The maximum Gasteiger partial charge on any atom is 0.233 e. The van der Waals surface area contributed by atoms with E-state index in [9.17, 15) is 14.4 Å². The number of carbonyl (C=O) groups excluding carboxylic acids is 3. The van der Waals surface area contributed by atoms with Crippen molar-refractivity contribution in [2.45, 2.75) is 51.9 Å². The summed E-state index contributed by atoms with van der Waals surface area (Å²) in [5.41, 5.74) is 3.17. The van der Waals surface area contributed by atoms with Gasteiger partial charge in [-0.3, -0.25) is 19.3 Å². The highest BCUT2D eigenvalue weighted by atomic mass is 16.2. The normalized spacial score (nSPS) is 20.7. The summed E-state index contributed by atoms with van der Waals surface area (Å²) in [7, 11) is 0.